The lowest BCUT2D eigenvalue weighted by molar-refractivity contribution is -0.121. The molecule has 2 unspecified atom stereocenters. The first-order valence-electron chi connectivity index (χ1n) is 7.13. The maximum Gasteiger partial charge on any atom is 0.257 e. The van der Waals surface area contributed by atoms with Crippen molar-refractivity contribution in [1.82, 2.24) is 9.78 Å². The Morgan fingerprint density at radius 1 is 1.40 bits per heavy atom. The summed E-state index contributed by atoms with van der Waals surface area (Å²) in [7, 11) is 1.67. The predicted octanol–water partition coefficient (Wildman–Crippen LogP) is 3.03. The van der Waals surface area contributed by atoms with Crippen LogP contribution in [0.3, 0.4) is 0 Å². The van der Waals surface area contributed by atoms with E-state index in [0.717, 1.165) is 0 Å². The van der Waals surface area contributed by atoms with Gasteiger partial charge in [-0.05, 0) is 6.42 Å². The molecule has 3 rings (SSSR count). The SMILES string of the molecule is CC.CC1CCn2nc(C3CC3(F)F)cc2N(C)C1=O. The second-order valence-electron chi connectivity index (χ2n) is 5.26. The Labute approximate surface area is 117 Å². The number of hydrogen-bond donors (Lipinski definition) is 0. The third-order valence-corrected chi connectivity index (χ3v) is 3.83. The first-order valence-corrected chi connectivity index (χ1v) is 7.13. The van der Waals surface area contributed by atoms with Crippen LogP contribution in [0.15, 0.2) is 6.07 Å². The number of alkyl halides is 2. The molecular weight excluding hydrogens is 264 g/mol. The summed E-state index contributed by atoms with van der Waals surface area (Å²) < 4.78 is 27.7. The average Bonchev–Trinajstić information content (AvgIpc) is 2.91. The Morgan fingerprint density at radius 2 is 2.00 bits per heavy atom. The van der Waals surface area contributed by atoms with Crippen LogP contribution in [0.4, 0.5) is 14.6 Å². The number of anilines is 1. The molecule has 1 aromatic rings. The molecule has 1 amide bonds. The van der Waals surface area contributed by atoms with Gasteiger partial charge in [0.2, 0.25) is 5.91 Å². The molecule has 0 radical (unpaired) electrons. The highest BCUT2D eigenvalue weighted by Gasteiger charge is 2.59. The largest absolute Gasteiger partial charge is 0.300 e. The molecule has 2 heterocycles. The molecule has 1 fully saturated rings. The summed E-state index contributed by atoms with van der Waals surface area (Å²) in [5, 5.41) is 4.23. The van der Waals surface area contributed by atoms with Gasteiger partial charge in [-0.15, -0.1) is 0 Å². The number of fused-ring (bicyclic) bond motifs is 1. The fraction of sp³-hybridized carbons (Fsp3) is 0.714. The fourth-order valence-electron chi connectivity index (χ4n) is 2.45. The van der Waals surface area contributed by atoms with E-state index in [1.165, 1.54) is 4.90 Å². The van der Waals surface area contributed by atoms with E-state index >= 15 is 0 Å². The number of aromatic nitrogens is 2. The summed E-state index contributed by atoms with van der Waals surface area (Å²) in [6.45, 7) is 6.48. The minimum absolute atomic E-state index is 0.0164. The van der Waals surface area contributed by atoms with Crippen molar-refractivity contribution < 1.29 is 13.6 Å². The van der Waals surface area contributed by atoms with E-state index in [0.29, 0.717) is 24.5 Å². The second-order valence-corrected chi connectivity index (χ2v) is 5.26. The van der Waals surface area contributed by atoms with E-state index in [-0.39, 0.29) is 18.2 Å². The molecule has 0 bridgehead atoms. The van der Waals surface area contributed by atoms with Crippen LogP contribution in [0.5, 0.6) is 0 Å². The van der Waals surface area contributed by atoms with Gasteiger partial charge in [0.1, 0.15) is 5.82 Å². The zero-order valence-electron chi connectivity index (χ0n) is 12.4. The van der Waals surface area contributed by atoms with Crippen LogP contribution in [-0.2, 0) is 11.3 Å². The van der Waals surface area contributed by atoms with E-state index < -0.39 is 11.8 Å². The lowest BCUT2D eigenvalue weighted by atomic mass is 10.1. The Balaban J connectivity index is 0.000000704. The maximum absolute atomic E-state index is 13.0. The quantitative estimate of drug-likeness (QED) is 0.795. The molecular formula is C14H21F2N3O. The Kier molecular flexibility index (Phi) is 3.84. The highest BCUT2D eigenvalue weighted by atomic mass is 19.3. The summed E-state index contributed by atoms with van der Waals surface area (Å²) in [6.07, 6.45) is 0.565. The molecule has 0 N–H and O–H groups in total. The molecule has 0 spiro atoms. The van der Waals surface area contributed by atoms with Gasteiger partial charge in [0.05, 0.1) is 11.6 Å². The zero-order chi connectivity index (χ0) is 15.1. The highest BCUT2D eigenvalue weighted by molar-refractivity contribution is 5.94. The molecule has 2 aliphatic rings. The van der Waals surface area contributed by atoms with Gasteiger partial charge >= 0.3 is 0 Å². The van der Waals surface area contributed by atoms with Gasteiger partial charge in [0.25, 0.3) is 5.92 Å². The number of carbonyl (C=O) groups is 1. The molecule has 1 aliphatic carbocycles. The summed E-state index contributed by atoms with van der Waals surface area (Å²) in [4.78, 5) is 13.5. The van der Waals surface area contributed by atoms with E-state index in [4.69, 9.17) is 0 Å². The predicted molar refractivity (Wildman–Crippen MR) is 73.1 cm³/mol. The fourth-order valence-corrected chi connectivity index (χ4v) is 2.45. The standard InChI is InChI=1S/C12H15F2N3O.C2H6/c1-7-3-4-17-10(16(2)11(7)18)5-9(15-17)8-6-12(8,13)14;1-2/h5,7-8H,3-4,6H2,1-2H3;1-2H3. The van der Waals surface area contributed by atoms with Crippen LogP contribution >= 0.6 is 0 Å². The van der Waals surface area contributed by atoms with Gasteiger partial charge in [-0.25, -0.2) is 13.5 Å². The molecule has 0 aromatic carbocycles. The van der Waals surface area contributed by atoms with Crippen LogP contribution in [0.1, 0.15) is 45.2 Å². The minimum atomic E-state index is -2.61. The lowest BCUT2D eigenvalue weighted by Crippen LogP contribution is -2.30. The molecule has 4 nitrogen and oxygen atoms in total. The number of carbonyl (C=O) groups excluding carboxylic acids is 1. The Hall–Kier alpha value is -1.46. The molecule has 2 atom stereocenters. The van der Waals surface area contributed by atoms with Crippen molar-refractivity contribution in [3.05, 3.63) is 11.8 Å². The summed E-state index contributed by atoms with van der Waals surface area (Å²) in [6, 6.07) is 1.63. The average molecular weight is 285 g/mol. The number of nitrogens with zero attached hydrogens (tertiary/aromatic N) is 3. The molecule has 1 aliphatic heterocycles. The van der Waals surface area contributed by atoms with Gasteiger partial charge in [0, 0.05) is 32.0 Å². The van der Waals surface area contributed by atoms with Crippen molar-refractivity contribution in [2.45, 2.75) is 52.0 Å². The molecule has 1 aromatic heterocycles. The Bertz CT molecular complexity index is 513. The van der Waals surface area contributed by atoms with Crippen molar-refractivity contribution in [2.24, 2.45) is 5.92 Å². The number of aryl methyl sites for hydroxylation is 1. The molecule has 20 heavy (non-hydrogen) atoms. The first kappa shape index (κ1) is 14.9. The molecule has 112 valence electrons. The van der Waals surface area contributed by atoms with E-state index in [1.54, 1.807) is 17.8 Å². The van der Waals surface area contributed by atoms with Crippen molar-refractivity contribution in [2.75, 3.05) is 11.9 Å². The van der Waals surface area contributed by atoms with E-state index in [1.807, 2.05) is 20.8 Å². The van der Waals surface area contributed by atoms with Gasteiger partial charge < -0.3 is 0 Å². The van der Waals surface area contributed by atoms with Gasteiger partial charge in [-0.3, -0.25) is 9.69 Å². The van der Waals surface area contributed by atoms with E-state index in [2.05, 4.69) is 5.10 Å². The summed E-state index contributed by atoms with van der Waals surface area (Å²) >= 11 is 0. The normalized spacial score (nSPS) is 27.3. The first-order chi connectivity index (χ1) is 9.40. The monoisotopic (exact) mass is 285 g/mol. The van der Waals surface area contributed by atoms with Crippen molar-refractivity contribution in [3.63, 3.8) is 0 Å². The maximum atomic E-state index is 13.0. The Morgan fingerprint density at radius 3 is 2.55 bits per heavy atom. The second kappa shape index (κ2) is 5.14. The smallest absolute Gasteiger partial charge is 0.257 e. The van der Waals surface area contributed by atoms with Crippen LogP contribution in [0, 0.1) is 5.92 Å². The highest BCUT2D eigenvalue weighted by Crippen LogP contribution is 2.55. The number of rotatable bonds is 1. The third-order valence-electron chi connectivity index (χ3n) is 3.83. The number of halogens is 2. The number of amides is 1. The van der Waals surface area contributed by atoms with Crippen LogP contribution in [0.2, 0.25) is 0 Å². The van der Waals surface area contributed by atoms with Gasteiger partial charge in [0.15, 0.2) is 0 Å². The van der Waals surface area contributed by atoms with Crippen molar-refractivity contribution in [1.29, 1.82) is 0 Å². The van der Waals surface area contributed by atoms with Gasteiger partial charge in [-0.1, -0.05) is 20.8 Å². The van der Waals surface area contributed by atoms with Crippen LogP contribution < -0.4 is 4.90 Å². The zero-order valence-corrected chi connectivity index (χ0v) is 12.4. The summed E-state index contributed by atoms with van der Waals surface area (Å²) in [5.74, 6) is -2.79. The van der Waals surface area contributed by atoms with Gasteiger partial charge in [-0.2, -0.15) is 5.10 Å². The third kappa shape index (κ3) is 2.43. The topological polar surface area (TPSA) is 38.1 Å². The molecule has 0 saturated heterocycles. The minimum Gasteiger partial charge on any atom is -0.300 e. The molecule has 1 saturated carbocycles. The van der Waals surface area contributed by atoms with E-state index in [9.17, 15) is 13.6 Å². The van der Waals surface area contributed by atoms with Crippen molar-refractivity contribution >= 4 is 11.7 Å². The molecule has 6 heteroatoms. The van der Waals surface area contributed by atoms with Crippen LogP contribution in [-0.4, -0.2) is 28.7 Å². The summed E-state index contributed by atoms with van der Waals surface area (Å²) in [5.41, 5.74) is 0.407. The lowest BCUT2D eigenvalue weighted by Gasteiger charge is -2.16. The van der Waals surface area contributed by atoms with Crippen molar-refractivity contribution in [3.8, 4) is 0 Å². The van der Waals surface area contributed by atoms with Crippen LogP contribution in [0.25, 0.3) is 0 Å². The number of hydrogen-bond acceptors (Lipinski definition) is 2.